The lowest BCUT2D eigenvalue weighted by Crippen LogP contribution is -2.09. The van der Waals surface area contributed by atoms with Gasteiger partial charge in [-0.2, -0.15) is 0 Å². The van der Waals surface area contributed by atoms with Crippen molar-refractivity contribution in [2.75, 3.05) is 0 Å². The molecule has 2 aromatic carbocycles. The van der Waals surface area contributed by atoms with Crippen LogP contribution in [0.25, 0.3) is 6.08 Å². The number of esters is 1. The number of para-hydroxylation sites is 1. The van der Waals surface area contributed by atoms with Gasteiger partial charge in [0.1, 0.15) is 5.75 Å². The summed E-state index contributed by atoms with van der Waals surface area (Å²) in [4.78, 5) is 31.3. The number of aliphatic carboxylic acids is 2. The normalized spacial score (nSPS) is 11.2. The molecule has 0 amide bonds. The highest BCUT2D eigenvalue weighted by Crippen LogP contribution is 2.19. The summed E-state index contributed by atoms with van der Waals surface area (Å²) >= 11 is 0. The second-order valence-electron chi connectivity index (χ2n) is 4.95. The molecule has 0 saturated carbocycles. The van der Waals surface area contributed by atoms with Crippen molar-refractivity contribution in [3.8, 4) is 5.75 Å². The van der Waals surface area contributed by atoms with Crippen molar-refractivity contribution < 1.29 is 34.4 Å². The number of benzene rings is 2. The molecule has 2 aromatic rings. The van der Waals surface area contributed by atoms with Crippen LogP contribution in [0.15, 0.2) is 60.7 Å². The Hall–Kier alpha value is -3.45. The first-order valence-electron chi connectivity index (χ1n) is 7.45. The second-order valence-corrected chi connectivity index (χ2v) is 4.95. The van der Waals surface area contributed by atoms with E-state index < -0.39 is 24.0 Å². The molecular weight excluding hydrogens is 340 g/mol. The minimum atomic E-state index is -1.41. The van der Waals surface area contributed by atoms with Crippen molar-refractivity contribution in [3.05, 3.63) is 71.8 Å². The van der Waals surface area contributed by atoms with Gasteiger partial charge in [-0.15, -0.1) is 0 Å². The summed E-state index contributed by atoms with van der Waals surface area (Å²) in [6.07, 6.45) is 0.958. The van der Waals surface area contributed by atoms with Gasteiger partial charge in [0.05, 0.1) is 0 Å². The third kappa shape index (κ3) is 7.41. The molecule has 0 radical (unpaired) electrons. The Morgan fingerprint density at radius 1 is 0.962 bits per heavy atom. The minimum Gasteiger partial charge on any atom is -0.479 e. The summed E-state index contributed by atoms with van der Waals surface area (Å²) in [5.74, 6) is -2.36. The van der Waals surface area contributed by atoms with Crippen LogP contribution < -0.4 is 4.74 Å². The van der Waals surface area contributed by atoms with Crippen LogP contribution in [-0.2, 0) is 14.4 Å². The highest BCUT2D eigenvalue weighted by molar-refractivity contribution is 5.86. The van der Waals surface area contributed by atoms with Crippen LogP contribution in [0.1, 0.15) is 24.2 Å². The summed E-state index contributed by atoms with van der Waals surface area (Å²) in [5, 5.41) is 25.8. The van der Waals surface area contributed by atoms with Crippen LogP contribution in [0.2, 0.25) is 0 Å². The molecule has 0 aliphatic heterocycles. The van der Waals surface area contributed by atoms with Crippen molar-refractivity contribution >= 4 is 24.0 Å². The Morgan fingerprint density at radius 3 is 2.08 bits per heavy atom. The number of carbonyl (C=O) groups excluding carboxylic acids is 1. The van der Waals surface area contributed by atoms with Gasteiger partial charge < -0.3 is 20.1 Å². The van der Waals surface area contributed by atoms with Gasteiger partial charge in [-0.3, -0.25) is 4.79 Å². The monoisotopic (exact) mass is 358 g/mol. The van der Waals surface area contributed by atoms with Crippen LogP contribution in [0.3, 0.4) is 0 Å². The van der Waals surface area contributed by atoms with E-state index in [1.54, 1.807) is 54.6 Å². The lowest BCUT2D eigenvalue weighted by atomic mass is 10.1. The lowest BCUT2D eigenvalue weighted by molar-refractivity contribution is -0.147. The van der Waals surface area contributed by atoms with Crippen LogP contribution in [-0.4, -0.2) is 33.2 Å². The van der Waals surface area contributed by atoms with E-state index in [-0.39, 0.29) is 0 Å². The number of carboxylic acid groups (broad SMARTS) is 2. The summed E-state index contributed by atoms with van der Waals surface area (Å²) in [5.41, 5.74) is 0.954. The van der Waals surface area contributed by atoms with Gasteiger partial charge in [-0.1, -0.05) is 48.5 Å². The fourth-order valence-electron chi connectivity index (χ4n) is 1.80. The molecule has 136 valence electrons. The van der Waals surface area contributed by atoms with E-state index in [9.17, 15) is 14.4 Å². The number of ether oxygens (including phenoxy) is 1. The fourth-order valence-corrected chi connectivity index (χ4v) is 1.80. The van der Waals surface area contributed by atoms with E-state index in [0.717, 1.165) is 6.08 Å². The maximum absolute atomic E-state index is 10.7. The summed E-state index contributed by atoms with van der Waals surface area (Å²) < 4.78 is 4.89. The molecule has 7 nitrogen and oxygen atoms in total. The smallest absolute Gasteiger partial charge is 0.337 e. The standard InChI is InChI=1S/C11H10O4.C8H8O3/c1-8(12)15-10-5-3-2-4-9(10)6-7-11(13)14;9-7(8(10)11)6-4-2-1-3-5-6/h2-7H,1H3,(H,13,14);1-5,7,9H,(H,10,11)/t;7-/m.1/s1. The number of hydrogen-bond acceptors (Lipinski definition) is 5. The van der Waals surface area contributed by atoms with Gasteiger partial charge in [0.25, 0.3) is 0 Å². The Kier molecular flexibility index (Phi) is 8.26. The third-order valence-electron chi connectivity index (χ3n) is 2.93. The first-order chi connectivity index (χ1) is 12.3. The largest absolute Gasteiger partial charge is 0.479 e. The van der Waals surface area contributed by atoms with E-state index >= 15 is 0 Å². The molecule has 0 saturated heterocycles. The molecule has 0 aliphatic rings. The molecule has 7 heteroatoms. The Bertz CT molecular complexity index is 781. The van der Waals surface area contributed by atoms with Crippen LogP contribution in [0.4, 0.5) is 0 Å². The molecule has 3 N–H and O–H groups in total. The summed E-state index contributed by atoms with van der Waals surface area (Å²) in [6.45, 7) is 1.29. The number of carboxylic acids is 2. The van der Waals surface area contributed by atoms with Gasteiger partial charge in [-0.25, -0.2) is 9.59 Å². The highest BCUT2D eigenvalue weighted by Gasteiger charge is 2.14. The van der Waals surface area contributed by atoms with Crippen molar-refractivity contribution in [3.63, 3.8) is 0 Å². The third-order valence-corrected chi connectivity index (χ3v) is 2.93. The number of hydrogen-bond donors (Lipinski definition) is 3. The molecular formula is C19H18O7. The number of aliphatic hydroxyl groups is 1. The van der Waals surface area contributed by atoms with Crippen LogP contribution in [0, 0.1) is 0 Å². The Labute approximate surface area is 149 Å². The van der Waals surface area contributed by atoms with Crippen molar-refractivity contribution in [2.24, 2.45) is 0 Å². The number of carbonyl (C=O) groups is 3. The van der Waals surface area contributed by atoms with E-state index in [1.807, 2.05) is 0 Å². The average Bonchev–Trinajstić information content (AvgIpc) is 2.61. The molecule has 0 aliphatic carbocycles. The lowest BCUT2D eigenvalue weighted by Gasteiger charge is -2.04. The van der Waals surface area contributed by atoms with Gasteiger partial charge in [0.2, 0.25) is 0 Å². The Morgan fingerprint density at radius 2 is 1.54 bits per heavy atom. The van der Waals surface area contributed by atoms with Crippen LogP contribution in [0.5, 0.6) is 5.75 Å². The zero-order valence-corrected chi connectivity index (χ0v) is 13.9. The molecule has 0 bridgehead atoms. The molecule has 2 rings (SSSR count). The quantitative estimate of drug-likeness (QED) is 0.426. The van der Waals surface area contributed by atoms with E-state index in [4.69, 9.17) is 20.1 Å². The van der Waals surface area contributed by atoms with E-state index in [2.05, 4.69) is 0 Å². The molecule has 1 atom stereocenters. The predicted molar refractivity (Wildman–Crippen MR) is 93.5 cm³/mol. The zero-order chi connectivity index (χ0) is 19.5. The summed E-state index contributed by atoms with van der Waals surface area (Å²) in [7, 11) is 0. The highest BCUT2D eigenvalue weighted by atomic mass is 16.5. The van der Waals surface area contributed by atoms with Gasteiger partial charge in [0, 0.05) is 18.6 Å². The topological polar surface area (TPSA) is 121 Å². The minimum absolute atomic E-state index is 0.350. The SMILES string of the molecule is CC(=O)Oc1ccccc1C=CC(=O)O.O=C(O)[C@H](O)c1ccccc1. The first kappa shape index (κ1) is 20.6. The van der Waals surface area contributed by atoms with Crippen molar-refractivity contribution in [1.82, 2.24) is 0 Å². The second kappa shape index (κ2) is 10.4. The van der Waals surface area contributed by atoms with E-state index in [1.165, 1.54) is 13.0 Å². The molecule has 0 fully saturated rings. The van der Waals surface area contributed by atoms with Gasteiger partial charge in [0.15, 0.2) is 6.10 Å². The molecule has 0 spiro atoms. The predicted octanol–water partition coefficient (Wildman–Crippen LogP) is 2.51. The molecule has 0 aromatic heterocycles. The maximum atomic E-state index is 10.7. The van der Waals surface area contributed by atoms with Crippen LogP contribution >= 0.6 is 0 Å². The Balaban J connectivity index is 0.000000273. The first-order valence-corrected chi connectivity index (χ1v) is 7.45. The number of rotatable bonds is 5. The zero-order valence-electron chi connectivity index (χ0n) is 13.9. The van der Waals surface area contributed by atoms with Gasteiger partial charge >= 0.3 is 17.9 Å². The molecule has 26 heavy (non-hydrogen) atoms. The average molecular weight is 358 g/mol. The van der Waals surface area contributed by atoms with Crippen molar-refractivity contribution in [1.29, 1.82) is 0 Å². The van der Waals surface area contributed by atoms with E-state index in [0.29, 0.717) is 16.9 Å². The van der Waals surface area contributed by atoms with Crippen molar-refractivity contribution in [2.45, 2.75) is 13.0 Å². The number of aliphatic hydroxyl groups excluding tert-OH is 1. The maximum Gasteiger partial charge on any atom is 0.337 e. The molecule has 0 unspecified atom stereocenters. The fraction of sp³-hybridized carbons (Fsp3) is 0.105. The molecule has 0 heterocycles. The van der Waals surface area contributed by atoms with Gasteiger partial charge in [-0.05, 0) is 17.7 Å². The summed E-state index contributed by atoms with van der Waals surface area (Å²) in [6, 6.07) is 15.0.